The van der Waals surface area contributed by atoms with Crippen molar-refractivity contribution in [2.24, 2.45) is 0 Å². The van der Waals surface area contributed by atoms with E-state index in [0.29, 0.717) is 42.3 Å². The topological polar surface area (TPSA) is 98.4 Å². The SMILES string of the molecule is CCN1CCCN(S(=O)(=O)c2cccc3c2/C(=C/c2nc4ccccc4[nH]2)C(=O)N3)CC1. The van der Waals surface area contributed by atoms with Crippen molar-refractivity contribution in [3.8, 4) is 0 Å². The number of aromatic amines is 1. The summed E-state index contributed by atoms with van der Waals surface area (Å²) < 4.78 is 28.9. The van der Waals surface area contributed by atoms with E-state index in [1.54, 1.807) is 28.6 Å². The molecule has 0 atom stereocenters. The number of anilines is 1. The maximum absolute atomic E-state index is 13.7. The Bertz CT molecular complexity index is 1300. The van der Waals surface area contributed by atoms with Crippen molar-refractivity contribution in [3.05, 3.63) is 53.9 Å². The van der Waals surface area contributed by atoms with Gasteiger partial charge >= 0.3 is 0 Å². The number of fused-ring (bicyclic) bond motifs is 2. The Kier molecular flexibility index (Phi) is 5.32. The molecule has 2 aliphatic heterocycles. The molecule has 0 radical (unpaired) electrons. The molecule has 8 nitrogen and oxygen atoms in total. The molecule has 1 amide bonds. The summed E-state index contributed by atoms with van der Waals surface area (Å²) in [5.74, 6) is 0.167. The smallest absolute Gasteiger partial charge is 0.256 e. The fourth-order valence-corrected chi connectivity index (χ4v) is 6.09. The highest BCUT2D eigenvalue weighted by atomic mass is 32.2. The number of nitrogens with zero attached hydrogens (tertiary/aromatic N) is 3. The molecule has 2 aromatic carbocycles. The number of para-hydroxylation sites is 2. The van der Waals surface area contributed by atoms with E-state index in [4.69, 9.17) is 0 Å². The first-order valence-electron chi connectivity index (χ1n) is 10.8. The molecule has 5 rings (SSSR count). The number of hydrogen-bond acceptors (Lipinski definition) is 5. The molecular weight excluding hydrogens is 426 g/mol. The van der Waals surface area contributed by atoms with Crippen molar-refractivity contribution >= 4 is 44.3 Å². The second-order valence-electron chi connectivity index (χ2n) is 8.02. The van der Waals surface area contributed by atoms with Crippen LogP contribution in [0.4, 0.5) is 5.69 Å². The van der Waals surface area contributed by atoms with E-state index < -0.39 is 10.0 Å². The molecule has 3 heterocycles. The second kappa shape index (κ2) is 8.16. The molecule has 2 N–H and O–H groups in total. The van der Waals surface area contributed by atoms with Gasteiger partial charge in [-0.3, -0.25) is 4.79 Å². The Morgan fingerprint density at radius 1 is 1.06 bits per heavy atom. The lowest BCUT2D eigenvalue weighted by molar-refractivity contribution is -0.110. The van der Waals surface area contributed by atoms with Gasteiger partial charge in [0.1, 0.15) is 5.82 Å². The molecule has 0 aliphatic carbocycles. The van der Waals surface area contributed by atoms with Crippen molar-refractivity contribution in [1.29, 1.82) is 0 Å². The van der Waals surface area contributed by atoms with Crippen LogP contribution in [-0.4, -0.2) is 66.2 Å². The number of H-pyrrole nitrogens is 1. The molecule has 0 spiro atoms. The third-order valence-corrected chi connectivity index (χ3v) is 8.03. The number of benzene rings is 2. The monoisotopic (exact) mass is 451 g/mol. The molecule has 1 fully saturated rings. The maximum Gasteiger partial charge on any atom is 0.256 e. The van der Waals surface area contributed by atoms with E-state index in [-0.39, 0.29) is 10.8 Å². The highest BCUT2D eigenvalue weighted by Gasteiger charge is 2.35. The first-order chi connectivity index (χ1) is 15.5. The lowest BCUT2D eigenvalue weighted by Crippen LogP contribution is -2.35. The molecule has 1 saturated heterocycles. The number of rotatable bonds is 4. The third-order valence-electron chi connectivity index (χ3n) is 6.09. The average Bonchev–Trinajstić information content (AvgIpc) is 3.23. The first kappa shape index (κ1) is 20.9. The van der Waals surface area contributed by atoms with E-state index >= 15 is 0 Å². The normalized spacial score (nSPS) is 19.3. The summed E-state index contributed by atoms with van der Waals surface area (Å²) in [7, 11) is -3.77. The Balaban J connectivity index is 1.57. The predicted octanol–water partition coefficient (Wildman–Crippen LogP) is 2.77. The number of sulfonamides is 1. The summed E-state index contributed by atoms with van der Waals surface area (Å²) in [5, 5.41) is 2.81. The van der Waals surface area contributed by atoms with Crippen molar-refractivity contribution in [2.45, 2.75) is 18.2 Å². The molecule has 0 saturated carbocycles. The third kappa shape index (κ3) is 3.62. The average molecular weight is 452 g/mol. The quantitative estimate of drug-likeness (QED) is 0.595. The number of amides is 1. The lowest BCUT2D eigenvalue weighted by Gasteiger charge is -2.22. The zero-order valence-electron chi connectivity index (χ0n) is 17.8. The number of aromatic nitrogens is 2. The van der Waals surface area contributed by atoms with Crippen molar-refractivity contribution in [2.75, 3.05) is 38.0 Å². The Morgan fingerprint density at radius 3 is 2.72 bits per heavy atom. The molecule has 0 bridgehead atoms. The van der Waals surface area contributed by atoms with Crippen molar-refractivity contribution in [1.82, 2.24) is 19.2 Å². The van der Waals surface area contributed by atoms with E-state index in [2.05, 4.69) is 27.1 Å². The van der Waals surface area contributed by atoms with E-state index in [0.717, 1.165) is 30.5 Å². The Labute approximate surface area is 187 Å². The van der Waals surface area contributed by atoms with Crippen LogP contribution in [0.3, 0.4) is 0 Å². The van der Waals surface area contributed by atoms with E-state index in [1.807, 2.05) is 24.3 Å². The Hall–Kier alpha value is -3.01. The van der Waals surface area contributed by atoms with Gasteiger partial charge in [-0.05, 0) is 49.9 Å². The molecule has 32 heavy (non-hydrogen) atoms. The highest BCUT2D eigenvalue weighted by Crippen LogP contribution is 2.38. The van der Waals surface area contributed by atoms with Gasteiger partial charge in [0, 0.05) is 25.2 Å². The van der Waals surface area contributed by atoms with Gasteiger partial charge in [-0.2, -0.15) is 4.31 Å². The number of likely N-dealkylation sites (N-methyl/N-ethyl adjacent to an activating group) is 1. The summed E-state index contributed by atoms with van der Waals surface area (Å²) in [6.45, 7) is 5.46. The molecule has 2 aliphatic rings. The van der Waals surface area contributed by atoms with Crippen LogP contribution in [0, 0.1) is 0 Å². The number of carbonyl (C=O) groups is 1. The number of hydrogen-bond donors (Lipinski definition) is 2. The lowest BCUT2D eigenvalue weighted by atomic mass is 10.1. The van der Waals surface area contributed by atoms with Crippen molar-refractivity contribution < 1.29 is 13.2 Å². The summed E-state index contributed by atoms with van der Waals surface area (Å²) >= 11 is 0. The van der Waals surface area contributed by atoms with Crippen LogP contribution in [0.2, 0.25) is 0 Å². The van der Waals surface area contributed by atoms with Gasteiger partial charge in [-0.15, -0.1) is 0 Å². The second-order valence-corrected chi connectivity index (χ2v) is 9.93. The summed E-state index contributed by atoms with van der Waals surface area (Å²) in [5.41, 5.74) is 2.84. The van der Waals surface area contributed by atoms with Crippen LogP contribution in [0.25, 0.3) is 22.7 Å². The van der Waals surface area contributed by atoms with Crippen LogP contribution in [-0.2, 0) is 14.8 Å². The standard InChI is InChI=1S/C23H25N5O3S/c1-2-27-11-6-12-28(14-13-27)32(30,31)20-10-5-9-19-22(20)16(23(29)26-19)15-21-24-17-7-3-4-8-18(17)25-21/h3-5,7-10,15H,2,6,11-14H2,1H3,(H,24,25)(H,26,29)/b16-15-. The molecule has 0 unspecified atom stereocenters. The van der Waals surface area contributed by atoms with Crippen LogP contribution in [0.15, 0.2) is 47.4 Å². The number of imidazole rings is 1. The summed E-state index contributed by atoms with van der Waals surface area (Å²) in [6.07, 6.45) is 2.41. The molecule has 3 aromatic rings. The van der Waals surface area contributed by atoms with Crippen LogP contribution >= 0.6 is 0 Å². The molecule has 1 aromatic heterocycles. The minimum atomic E-state index is -3.77. The first-order valence-corrected chi connectivity index (χ1v) is 12.2. The zero-order chi connectivity index (χ0) is 22.3. The largest absolute Gasteiger partial charge is 0.338 e. The molecule has 9 heteroatoms. The number of nitrogens with one attached hydrogen (secondary N) is 2. The van der Waals surface area contributed by atoms with Crippen molar-refractivity contribution in [3.63, 3.8) is 0 Å². The maximum atomic E-state index is 13.7. The van der Waals surface area contributed by atoms with Crippen LogP contribution in [0.5, 0.6) is 0 Å². The molecule has 166 valence electrons. The minimum absolute atomic E-state index is 0.153. The number of carbonyl (C=O) groups excluding carboxylic acids is 1. The van der Waals surface area contributed by atoms with Gasteiger partial charge in [0.25, 0.3) is 5.91 Å². The van der Waals surface area contributed by atoms with Gasteiger partial charge in [-0.1, -0.05) is 25.1 Å². The molecular formula is C23H25N5O3S. The van der Waals surface area contributed by atoms with Crippen LogP contribution < -0.4 is 5.32 Å². The Morgan fingerprint density at radius 2 is 1.91 bits per heavy atom. The van der Waals surface area contributed by atoms with Gasteiger partial charge < -0.3 is 15.2 Å². The van der Waals surface area contributed by atoms with Crippen LogP contribution in [0.1, 0.15) is 24.7 Å². The fraction of sp³-hybridized carbons (Fsp3) is 0.304. The van der Waals surface area contributed by atoms with E-state index in [9.17, 15) is 13.2 Å². The zero-order valence-corrected chi connectivity index (χ0v) is 18.7. The van der Waals surface area contributed by atoms with Gasteiger partial charge in [0.2, 0.25) is 10.0 Å². The minimum Gasteiger partial charge on any atom is -0.338 e. The summed E-state index contributed by atoms with van der Waals surface area (Å²) in [4.78, 5) is 22.9. The fourth-order valence-electron chi connectivity index (χ4n) is 4.39. The van der Waals surface area contributed by atoms with E-state index in [1.165, 1.54) is 0 Å². The summed E-state index contributed by atoms with van der Waals surface area (Å²) in [6, 6.07) is 12.6. The predicted molar refractivity (Wildman–Crippen MR) is 125 cm³/mol. The van der Waals surface area contributed by atoms with Gasteiger partial charge in [0.15, 0.2) is 0 Å². The van der Waals surface area contributed by atoms with Gasteiger partial charge in [-0.25, -0.2) is 13.4 Å². The highest BCUT2D eigenvalue weighted by molar-refractivity contribution is 7.89. The van der Waals surface area contributed by atoms with Gasteiger partial charge in [0.05, 0.1) is 27.2 Å².